The summed E-state index contributed by atoms with van der Waals surface area (Å²) in [7, 11) is 0. The predicted octanol–water partition coefficient (Wildman–Crippen LogP) is 8.49. The van der Waals surface area contributed by atoms with Crippen LogP contribution >= 0.6 is 0 Å². The zero-order valence-corrected chi connectivity index (χ0v) is 22.3. The van der Waals surface area contributed by atoms with Gasteiger partial charge in [-0.1, -0.05) is 81.1 Å². The van der Waals surface area contributed by atoms with Gasteiger partial charge in [0, 0.05) is 0 Å². The molecule has 9 unspecified atom stereocenters. The van der Waals surface area contributed by atoms with E-state index in [0.29, 0.717) is 27.6 Å². The first-order chi connectivity index (χ1) is 14.4. The molecular weight excluding hydrogens is 376 g/mol. The van der Waals surface area contributed by atoms with Crippen molar-refractivity contribution in [3.8, 4) is 0 Å². The first-order valence-electron chi connectivity index (χ1n) is 14.0. The quantitative estimate of drug-likeness (QED) is 0.463. The van der Waals surface area contributed by atoms with E-state index in [1.807, 2.05) is 0 Å². The Balaban J connectivity index is 1.60. The molecule has 0 saturated heterocycles. The molecule has 4 fully saturated rings. The molecule has 0 aromatic heterocycles. The van der Waals surface area contributed by atoms with Crippen LogP contribution in [0.15, 0.2) is 0 Å². The molecule has 0 amide bonds. The summed E-state index contributed by atoms with van der Waals surface area (Å²) in [6.07, 6.45) is 14.8. The Morgan fingerprint density at radius 3 is 2.23 bits per heavy atom. The molecule has 31 heavy (non-hydrogen) atoms. The van der Waals surface area contributed by atoms with Crippen LogP contribution in [0, 0.1) is 57.2 Å². The lowest BCUT2D eigenvalue weighted by Crippen LogP contribution is -2.63. The maximum Gasteiger partial charge on any atom is 0.0582 e. The van der Waals surface area contributed by atoms with Crippen LogP contribution in [0.2, 0.25) is 0 Å². The van der Waals surface area contributed by atoms with E-state index in [0.717, 1.165) is 36.0 Å². The van der Waals surface area contributed by atoms with Gasteiger partial charge in [0.15, 0.2) is 0 Å². The molecule has 4 aliphatic rings. The van der Waals surface area contributed by atoms with Crippen LogP contribution in [0.4, 0.5) is 0 Å². The molecule has 0 heterocycles. The highest BCUT2D eigenvalue weighted by molar-refractivity contribution is 5.17. The molecular formula is C30H54O. The Morgan fingerprint density at radius 2 is 1.55 bits per heavy atom. The first-order valence-corrected chi connectivity index (χ1v) is 14.0. The molecule has 4 aliphatic carbocycles. The number of aliphatic hydroxyl groups is 1. The van der Waals surface area contributed by atoms with Crippen LogP contribution in [0.1, 0.15) is 126 Å². The van der Waals surface area contributed by atoms with E-state index in [1.54, 1.807) is 0 Å². The van der Waals surface area contributed by atoms with E-state index in [2.05, 4.69) is 55.4 Å². The lowest BCUT2D eigenvalue weighted by atomic mass is 9.37. The Morgan fingerprint density at radius 1 is 0.839 bits per heavy atom. The lowest BCUT2D eigenvalue weighted by Gasteiger charge is -2.68. The normalized spacial score (nSPS) is 49.9. The second-order valence-electron chi connectivity index (χ2n) is 14.7. The minimum atomic E-state index is -0.0896. The Kier molecular flexibility index (Phi) is 6.24. The smallest absolute Gasteiger partial charge is 0.0582 e. The van der Waals surface area contributed by atoms with E-state index >= 15 is 0 Å². The summed E-state index contributed by atoms with van der Waals surface area (Å²) in [5.41, 5.74) is 1.53. The van der Waals surface area contributed by atoms with Crippen molar-refractivity contribution in [2.75, 3.05) is 0 Å². The van der Waals surface area contributed by atoms with Gasteiger partial charge in [0.1, 0.15) is 0 Å². The monoisotopic (exact) mass is 430 g/mol. The van der Waals surface area contributed by atoms with Crippen LogP contribution in [-0.2, 0) is 0 Å². The number of hydrogen-bond donors (Lipinski definition) is 1. The van der Waals surface area contributed by atoms with Gasteiger partial charge < -0.3 is 5.11 Å². The molecule has 0 aromatic carbocycles. The van der Waals surface area contributed by atoms with Gasteiger partial charge in [0.2, 0.25) is 0 Å². The summed E-state index contributed by atoms with van der Waals surface area (Å²) in [5.74, 6) is 4.47. The molecule has 0 aromatic rings. The van der Waals surface area contributed by atoms with Crippen molar-refractivity contribution in [2.45, 2.75) is 132 Å². The van der Waals surface area contributed by atoms with Crippen LogP contribution in [0.5, 0.6) is 0 Å². The van der Waals surface area contributed by atoms with Gasteiger partial charge in [-0.2, -0.15) is 0 Å². The molecule has 4 saturated carbocycles. The van der Waals surface area contributed by atoms with Gasteiger partial charge in [-0.3, -0.25) is 0 Å². The molecule has 0 bridgehead atoms. The predicted molar refractivity (Wildman–Crippen MR) is 133 cm³/mol. The molecule has 0 aliphatic heterocycles. The van der Waals surface area contributed by atoms with Crippen molar-refractivity contribution in [3.05, 3.63) is 0 Å². The van der Waals surface area contributed by atoms with Crippen molar-refractivity contribution >= 4 is 0 Å². The average molecular weight is 431 g/mol. The third-order valence-corrected chi connectivity index (χ3v) is 12.3. The summed E-state index contributed by atoms with van der Waals surface area (Å²) in [6.45, 7) is 20.2. The van der Waals surface area contributed by atoms with Gasteiger partial charge in [-0.15, -0.1) is 0 Å². The van der Waals surface area contributed by atoms with E-state index in [4.69, 9.17) is 0 Å². The second kappa shape index (κ2) is 8.02. The highest BCUT2D eigenvalue weighted by Gasteiger charge is 2.69. The maximum absolute atomic E-state index is 11.9. The van der Waals surface area contributed by atoms with Gasteiger partial charge in [-0.25, -0.2) is 0 Å². The molecule has 0 radical (unpaired) electrons. The lowest BCUT2D eigenvalue weighted by molar-refractivity contribution is -0.220. The Hall–Kier alpha value is -0.0400. The summed E-state index contributed by atoms with van der Waals surface area (Å²) in [6, 6.07) is 0. The summed E-state index contributed by atoms with van der Waals surface area (Å²) < 4.78 is 0. The molecule has 1 N–H and O–H groups in total. The highest BCUT2D eigenvalue weighted by atomic mass is 16.3. The third-order valence-electron chi connectivity index (χ3n) is 12.3. The largest absolute Gasteiger partial charge is 0.393 e. The van der Waals surface area contributed by atoms with Gasteiger partial charge in [0.05, 0.1) is 6.10 Å². The number of rotatable bonds is 5. The van der Waals surface area contributed by atoms with E-state index in [9.17, 15) is 5.11 Å². The van der Waals surface area contributed by atoms with Crippen molar-refractivity contribution in [3.63, 3.8) is 0 Å². The number of aliphatic hydroxyl groups excluding tert-OH is 1. The third kappa shape index (κ3) is 3.57. The van der Waals surface area contributed by atoms with Crippen molar-refractivity contribution < 1.29 is 5.11 Å². The summed E-state index contributed by atoms with van der Waals surface area (Å²) >= 11 is 0. The van der Waals surface area contributed by atoms with Crippen molar-refractivity contribution in [1.29, 1.82) is 0 Å². The number of fused-ring (bicyclic) bond motifs is 5. The Bertz CT molecular complexity index is 651. The van der Waals surface area contributed by atoms with Crippen LogP contribution in [-0.4, -0.2) is 11.2 Å². The topological polar surface area (TPSA) is 20.2 Å². The van der Waals surface area contributed by atoms with Gasteiger partial charge in [0.25, 0.3) is 0 Å². The summed E-state index contributed by atoms with van der Waals surface area (Å²) in [4.78, 5) is 0. The van der Waals surface area contributed by atoms with E-state index in [-0.39, 0.29) is 6.10 Å². The zero-order valence-electron chi connectivity index (χ0n) is 22.3. The molecule has 180 valence electrons. The SMILES string of the molecule is CC(C)CCCC(C)C1CCC2(C)C3CCC4C(C)(C)CCCC4(C)C3C(O)CC12C. The van der Waals surface area contributed by atoms with Crippen LogP contribution < -0.4 is 0 Å². The molecule has 1 heteroatoms. The molecule has 9 atom stereocenters. The highest BCUT2D eigenvalue weighted by Crippen LogP contribution is 2.74. The second-order valence-corrected chi connectivity index (χ2v) is 14.7. The Labute approximate surface area is 194 Å². The fraction of sp³-hybridized carbons (Fsp3) is 1.00. The molecule has 0 spiro atoms. The van der Waals surface area contributed by atoms with Crippen molar-refractivity contribution in [2.24, 2.45) is 57.2 Å². The fourth-order valence-corrected chi connectivity index (χ4v) is 10.7. The van der Waals surface area contributed by atoms with E-state index in [1.165, 1.54) is 64.2 Å². The average Bonchev–Trinajstić information content (AvgIpc) is 2.92. The minimum absolute atomic E-state index is 0.0896. The van der Waals surface area contributed by atoms with Crippen LogP contribution in [0.25, 0.3) is 0 Å². The van der Waals surface area contributed by atoms with Crippen LogP contribution in [0.3, 0.4) is 0 Å². The molecule has 1 nitrogen and oxygen atoms in total. The van der Waals surface area contributed by atoms with Gasteiger partial charge >= 0.3 is 0 Å². The summed E-state index contributed by atoms with van der Waals surface area (Å²) in [5, 5.41) is 11.9. The van der Waals surface area contributed by atoms with Gasteiger partial charge in [-0.05, 0) is 102 Å². The maximum atomic E-state index is 11.9. The molecule has 4 rings (SSSR count). The van der Waals surface area contributed by atoms with E-state index < -0.39 is 0 Å². The minimum Gasteiger partial charge on any atom is -0.393 e. The fourth-order valence-electron chi connectivity index (χ4n) is 10.7. The first kappa shape index (κ1) is 24.1. The standard InChI is InChI=1S/C30H54O/c1-20(2)11-9-12-21(3)22-15-18-29(7)23-13-14-25-27(4,5)16-10-17-28(25,6)26(23)24(31)19-30(22,29)8/h20-26,31H,9-19H2,1-8H3. The number of hydrogen-bond acceptors (Lipinski definition) is 1. The zero-order chi connectivity index (χ0) is 22.8. The van der Waals surface area contributed by atoms with Crippen molar-refractivity contribution in [1.82, 2.24) is 0 Å².